The Bertz CT molecular complexity index is 1410. The van der Waals surface area contributed by atoms with Crippen LogP contribution in [0, 0.1) is 29.6 Å². The van der Waals surface area contributed by atoms with E-state index in [2.05, 4.69) is 137 Å². The van der Waals surface area contributed by atoms with Crippen molar-refractivity contribution in [3.8, 4) is 12.3 Å². The van der Waals surface area contributed by atoms with E-state index in [1.54, 1.807) is 0 Å². The summed E-state index contributed by atoms with van der Waals surface area (Å²) in [6.45, 7) is 0.813. The fraction of sp³-hybridized carbons (Fsp3) is 0.257. The number of benzene rings is 4. The number of hydrogen-bond donors (Lipinski definition) is 1. The highest BCUT2D eigenvalue weighted by Gasteiger charge is 2.89. The molecule has 10 atom stereocenters. The summed E-state index contributed by atoms with van der Waals surface area (Å²) in [5.41, 5.74) is 3.63. The summed E-state index contributed by atoms with van der Waals surface area (Å²) in [5.74, 6) is 2.81. The Morgan fingerprint density at radius 3 is 1.26 bits per heavy atom. The highest BCUT2D eigenvalue weighted by atomic mass is 16.3. The molecule has 3 nitrogen and oxygen atoms in total. The molecule has 3 saturated heterocycles. The third-order valence-electron chi connectivity index (χ3n) is 10.1. The summed E-state index contributed by atoms with van der Waals surface area (Å²) >= 11 is 0. The summed E-state index contributed by atoms with van der Waals surface area (Å²) in [6.07, 6.45) is 6.35. The van der Waals surface area contributed by atoms with Gasteiger partial charge in [-0.15, -0.1) is 6.42 Å². The van der Waals surface area contributed by atoms with Crippen molar-refractivity contribution in [2.75, 3.05) is 6.67 Å². The maximum absolute atomic E-state index is 12.6. The second kappa shape index (κ2) is 7.91. The molecule has 1 spiro atoms. The van der Waals surface area contributed by atoms with Gasteiger partial charge in [0, 0.05) is 41.4 Å². The van der Waals surface area contributed by atoms with E-state index in [1.165, 1.54) is 22.3 Å². The van der Waals surface area contributed by atoms with Gasteiger partial charge in [-0.1, -0.05) is 127 Å². The maximum Gasteiger partial charge on any atom is 0.135 e. The first kappa shape index (κ1) is 22.3. The van der Waals surface area contributed by atoms with Crippen molar-refractivity contribution in [2.45, 2.75) is 29.8 Å². The number of aliphatic hydroxyl groups is 1. The van der Waals surface area contributed by atoms with E-state index in [4.69, 9.17) is 6.42 Å². The van der Waals surface area contributed by atoms with Crippen LogP contribution in [-0.4, -0.2) is 27.2 Å². The van der Waals surface area contributed by atoms with Crippen molar-refractivity contribution < 1.29 is 5.11 Å². The van der Waals surface area contributed by atoms with Crippen LogP contribution in [0.1, 0.15) is 46.4 Å². The smallest absolute Gasteiger partial charge is 0.135 e. The van der Waals surface area contributed by atoms with Gasteiger partial charge >= 0.3 is 0 Å². The number of fused-ring (bicyclic) bond motifs is 2. The summed E-state index contributed by atoms with van der Waals surface area (Å²) < 4.78 is 0. The van der Waals surface area contributed by atoms with Crippen molar-refractivity contribution in [3.05, 3.63) is 144 Å². The fourth-order valence-corrected chi connectivity index (χ4v) is 9.20. The van der Waals surface area contributed by atoms with Crippen molar-refractivity contribution in [1.29, 1.82) is 0 Å². The van der Waals surface area contributed by atoms with Gasteiger partial charge in [-0.3, -0.25) is 9.80 Å². The fourth-order valence-electron chi connectivity index (χ4n) is 9.20. The zero-order valence-corrected chi connectivity index (χ0v) is 21.1. The molecule has 186 valence electrons. The van der Waals surface area contributed by atoms with E-state index >= 15 is 0 Å². The van der Waals surface area contributed by atoms with E-state index in [9.17, 15) is 5.11 Å². The predicted octanol–water partition coefficient (Wildman–Crippen LogP) is 6.15. The second-order valence-corrected chi connectivity index (χ2v) is 11.4. The van der Waals surface area contributed by atoms with E-state index in [0.717, 1.165) is 6.67 Å². The quantitative estimate of drug-likeness (QED) is 0.345. The van der Waals surface area contributed by atoms with E-state index in [0.29, 0.717) is 0 Å². The molecular formula is C35H30N2O. The van der Waals surface area contributed by atoms with Crippen molar-refractivity contribution >= 4 is 0 Å². The minimum atomic E-state index is -1.22. The van der Waals surface area contributed by atoms with E-state index < -0.39 is 5.60 Å². The average molecular weight is 495 g/mol. The molecule has 4 unspecified atom stereocenters. The molecule has 1 N–H and O–H groups in total. The van der Waals surface area contributed by atoms with Gasteiger partial charge in [0.15, 0.2) is 0 Å². The van der Waals surface area contributed by atoms with Crippen LogP contribution in [-0.2, 0) is 0 Å². The lowest BCUT2D eigenvalue weighted by Crippen LogP contribution is -2.69. The zero-order chi connectivity index (χ0) is 25.5. The number of nitrogens with zero attached hydrogens (tertiary/aromatic N) is 2. The molecule has 8 rings (SSSR count). The lowest BCUT2D eigenvalue weighted by atomic mass is 9.39. The zero-order valence-electron chi connectivity index (χ0n) is 21.1. The molecule has 1 saturated carbocycles. The Hall–Kier alpha value is -3.68. The topological polar surface area (TPSA) is 26.7 Å². The molecule has 3 bridgehead atoms. The highest BCUT2D eigenvalue weighted by Crippen LogP contribution is 2.87. The molecule has 4 aliphatic rings. The molecule has 0 radical (unpaired) electrons. The normalized spacial score (nSPS) is 39.8. The number of rotatable bonds is 4. The Labute approximate surface area is 224 Å². The van der Waals surface area contributed by atoms with Gasteiger partial charge in [0.1, 0.15) is 5.60 Å². The van der Waals surface area contributed by atoms with Gasteiger partial charge < -0.3 is 5.11 Å². The van der Waals surface area contributed by atoms with Crippen LogP contribution in [0.4, 0.5) is 0 Å². The molecule has 1 aliphatic carbocycles. The van der Waals surface area contributed by atoms with Crippen LogP contribution in [0.3, 0.4) is 0 Å². The average Bonchev–Trinajstić information content (AvgIpc) is 3.30. The first-order valence-corrected chi connectivity index (χ1v) is 13.6. The molecule has 3 heterocycles. The molecule has 0 aromatic heterocycles. The van der Waals surface area contributed by atoms with E-state index in [-0.39, 0.29) is 41.4 Å². The molecule has 4 aromatic rings. The van der Waals surface area contributed by atoms with Crippen LogP contribution in [0.5, 0.6) is 0 Å². The molecule has 38 heavy (non-hydrogen) atoms. The summed E-state index contributed by atoms with van der Waals surface area (Å²) in [4.78, 5) is 5.31. The van der Waals surface area contributed by atoms with E-state index in [1.807, 2.05) is 0 Å². The monoisotopic (exact) mass is 494 g/mol. The van der Waals surface area contributed by atoms with Crippen LogP contribution in [0.2, 0.25) is 0 Å². The molecule has 3 heteroatoms. The van der Waals surface area contributed by atoms with Crippen molar-refractivity contribution in [3.63, 3.8) is 0 Å². The molecular weight excluding hydrogens is 464 g/mol. The third-order valence-corrected chi connectivity index (χ3v) is 10.1. The lowest BCUT2D eigenvalue weighted by Gasteiger charge is -2.63. The van der Waals surface area contributed by atoms with Gasteiger partial charge in [0.05, 0.1) is 6.67 Å². The van der Waals surface area contributed by atoms with Crippen LogP contribution in [0.15, 0.2) is 121 Å². The Balaban J connectivity index is 1.44. The highest BCUT2D eigenvalue weighted by molar-refractivity contribution is 5.51. The van der Waals surface area contributed by atoms with Crippen molar-refractivity contribution in [2.24, 2.45) is 17.3 Å². The first-order chi connectivity index (χ1) is 18.7. The number of hydrogen-bond acceptors (Lipinski definition) is 3. The van der Waals surface area contributed by atoms with Crippen molar-refractivity contribution in [1.82, 2.24) is 9.80 Å². The van der Waals surface area contributed by atoms with Crippen LogP contribution < -0.4 is 0 Å². The van der Waals surface area contributed by atoms with Gasteiger partial charge in [-0.05, 0) is 22.3 Å². The largest absolute Gasteiger partial charge is 0.377 e. The first-order valence-electron chi connectivity index (χ1n) is 13.6. The SMILES string of the molecule is C#CC1(O)[C@H]2[C@@H](c3ccccc3)N3CN4[C@@H](c5ccccc5)C2([C@@H]3c2ccccc2)[C@H]1[C@@H]4c1ccccc1. The standard InChI is InChI=1S/C35H30N2O/c1-2-34(38)30-28(24-15-7-3-8-16-24)36-23-37-29(25-17-9-4-10-18-25)31(34)35(30,32(36)26-19-11-5-12-20-26)33(37)27-21-13-6-14-22-27/h1,3-22,28-33,38H,23H2/t28-,29+,30-,31+,32-,33-,34?,35?/m0/s1. The minimum Gasteiger partial charge on any atom is -0.377 e. The molecule has 4 fully saturated rings. The van der Waals surface area contributed by atoms with Crippen LogP contribution >= 0.6 is 0 Å². The van der Waals surface area contributed by atoms with Gasteiger partial charge in [0.25, 0.3) is 0 Å². The molecule has 3 aliphatic heterocycles. The van der Waals surface area contributed by atoms with Gasteiger partial charge in [-0.2, -0.15) is 0 Å². The summed E-state index contributed by atoms with van der Waals surface area (Å²) in [7, 11) is 0. The molecule has 0 amide bonds. The second-order valence-electron chi connectivity index (χ2n) is 11.4. The third kappa shape index (κ3) is 2.56. The number of terminal acetylenes is 1. The Morgan fingerprint density at radius 1 is 0.579 bits per heavy atom. The van der Waals surface area contributed by atoms with Crippen LogP contribution in [0.25, 0.3) is 0 Å². The lowest BCUT2D eigenvalue weighted by molar-refractivity contribution is -0.211. The Morgan fingerprint density at radius 2 is 0.921 bits per heavy atom. The summed E-state index contributed by atoms with van der Waals surface area (Å²) in [6, 6.07) is 43.7. The van der Waals surface area contributed by atoms with Gasteiger partial charge in [0.2, 0.25) is 0 Å². The molecule has 4 aromatic carbocycles. The Kier molecular flexibility index (Phi) is 4.65. The predicted molar refractivity (Wildman–Crippen MR) is 148 cm³/mol. The maximum atomic E-state index is 12.6. The minimum absolute atomic E-state index is 0.0339. The van der Waals surface area contributed by atoms with Gasteiger partial charge in [-0.25, -0.2) is 0 Å². The summed E-state index contributed by atoms with van der Waals surface area (Å²) in [5, 5.41) is 12.6.